The highest BCUT2D eigenvalue weighted by atomic mass is 79.9. The van der Waals surface area contributed by atoms with E-state index in [9.17, 15) is 0 Å². The van der Waals surface area contributed by atoms with Gasteiger partial charge in [0.15, 0.2) is 0 Å². The molecule has 0 spiro atoms. The van der Waals surface area contributed by atoms with Crippen molar-refractivity contribution in [2.75, 3.05) is 24.5 Å². The monoisotopic (exact) mass is 310 g/mol. The molecule has 2 nitrogen and oxygen atoms in total. The van der Waals surface area contributed by atoms with Crippen molar-refractivity contribution in [1.82, 2.24) is 5.32 Å². The van der Waals surface area contributed by atoms with Crippen molar-refractivity contribution in [2.45, 2.75) is 39.2 Å². The van der Waals surface area contributed by atoms with E-state index in [1.807, 2.05) is 0 Å². The summed E-state index contributed by atoms with van der Waals surface area (Å²) < 4.78 is 1.20. The molecular formula is C15H23BrN2. The number of aryl methyl sites for hydroxylation is 1. The molecule has 1 fully saturated rings. The van der Waals surface area contributed by atoms with Crippen LogP contribution in [0.25, 0.3) is 0 Å². The van der Waals surface area contributed by atoms with Crippen LogP contribution in [0.4, 0.5) is 5.69 Å². The van der Waals surface area contributed by atoms with E-state index in [1.165, 1.54) is 22.1 Å². The Labute approximate surface area is 119 Å². The molecule has 18 heavy (non-hydrogen) atoms. The Hall–Kier alpha value is -0.540. The van der Waals surface area contributed by atoms with E-state index in [1.54, 1.807) is 0 Å². The lowest BCUT2D eigenvalue weighted by atomic mass is 9.98. The van der Waals surface area contributed by atoms with Gasteiger partial charge in [0, 0.05) is 23.1 Å². The van der Waals surface area contributed by atoms with Gasteiger partial charge in [-0.25, -0.2) is 0 Å². The van der Waals surface area contributed by atoms with Crippen molar-refractivity contribution in [1.29, 1.82) is 0 Å². The average Bonchev–Trinajstić information content (AvgIpc) is 2.55. The quantitative estimate of drug-likeness (QED) is 0.895. The van der Waals surface area contributed by atoms with E-state index in [2.05, 4.69) is 65.1 Å². The molecule has 0 aromatic heterocycles. The van der Waals surface area contributed by atoms with Gasteiger partial charge < -0.3 is 10.2 Å². The van der Waals surface area contributed by atoms with Crippen LogP contribution in [0.5, 0.6) is 0 Å². The predicted molar refractivity (Wildman–Crippen MR) is 82.4 cm³/mol. The molecule has 1 aromatic carbocycles. The minimum atomic E-state index is 0.222. The molecule has 100 valence electrons. The first-order chi connectivity index (χ1) is 8.54. The molecule has 0 radical (unpaired) electrons. The maximum absolute atomic E-state index is 3.69. The van der Waals surface area contributed by atoms with Gasteiger partial charge in [0.25, 0.3) is 0 Å². The van der Waals surface area contributed by atoms with E-state index in [0.29, 0.717) is 0 Å². The summed E-state index contributed by atoms with van der Waals surface area (Å²) in [7, 11) is 0. The van der Waals surface area contributed by atoms with Crippen LogP contribution in [0.15, 0.2) is 22.7 Å². The second-order valence-corrected chi connectivity index (χ2v) is 6.43. The van der Waals surface area contributed by atoms with E-state index >= 15 is 0 Å². The summed E-state index contributed by atoms with van der Waals surface area (Å²) in [5.74, 6) is 0. The number of benzene rings is 1. The first-order valence-corrected chi connectivity index (χ1v) is 7.59. The van der Waals surface area contributed by atoms with E-state index in [0.717, 1.165) is 26.1 Å². The van der Waals surface area contributed by atoms with Gasteiger partial charge in [0.1, 0.15) is 0 Å². The Morgan fingerprint density at radius 2 is 2.22 bits per heavy atom. The fourth-order valence-corrected chi connectivity index (χ4v) is 3.02. The number of rotatable bonds is 2. The standard InChI is InChI=1S/C15H23BrN2/c1-4-15(3)11-18(9-5-8-17-15)14-10-12(2)6-7-13(14)16/h6-7,10,17H,4-5,8-9,11H2,1-3H3. The Morgan fingerprint density at radius 1 is 1.44 bits per heavy atom. The second kappa shape index (κ2) is 5.62. The molecule has 1 saturated heterocycles. The van der Waals surface area contributed by atoms with Gasteiger partial charge in [-0.1, -0.05) is 13.0 Å². The Morgan fingerprint density at radius 3 is 2.94 bits per heavy atom. The number of halogens is 1. The zero-order chi connectivity index (χ0) is 13.2. The number of hydrogen-bond acceptors (Lipinski definition) is 2. The van der Waals surface area contributed by atoms with Gasteiger partial charge in [0.05, 0.1) is 5.69 Å². The average molecular weight is 311 g/mol. The van der Waals surface area contributed by atoms with Crippen LogP contribution in [0.2, 0.25) is 0 Å². The van der Waals surface area contributed by atoms with Crippen LogP contribution in [0.1, 0.15) is 32.3 Å². The fraction of sp³-hybridized carbons (Fsp3) is 0.600. The zero-order valence-corrected chi connectivity index (χ0v) is 13.2. The lowest BCUT2D eigenvalue weighted by molar-refractivity contribution is 0.366. The minimum Gasteiger partial charge on any atom is -0.369 e. The minimum absolute atomic E-state index is 0.222. The largest absolute Gasteiger partial charge is 0.369 e. The molecule has 1 atom stereocenters. The molecule has 1 heterocycles. The predicted octanol–water partition coefficient (Wildman–Crippen LogP) is 3.73. The lowest BCUT2D eigenvalue weighted by Gasteiger charge is -2.34. The molecule has 2 rings (SSSR count). The highest BCUT2D eigenvalue weighted by Crippen LogP contribution is 2.30. The van der Waals surface area contributed by atoms with Crippen molar-refractivity contribution >= 4 is 21.6 Å². The molecule has 3 heteroatoms. The van der Waals surface area contributed by atoms with Crippen LogP contribution < -0.4 is 10.2 Å². The van der Waals surface area contributed by atoms with Crippen LogP contribution in [0.3, 0.4) is 0 Å². The van der Waals surface area contributed by atoms with Gasteiger partial charge >= 0.3 is 0 Å². The summed E-state index contributed by atoms with van der Waals surface area (Å²) in [6.07, 6.45) is 2.36. The van der Waals surface area contributed by atoms with E-state index < -0.39 is 0 Å². The summed E-state index contributed by atoms with van der Waals surface area (Å²) >= 11 is 3.69. The van der Waals surface area contributed by atoms with Crippen LogP contribution >= 0.6 is 15.9 Å². The molecule has 1 aliphatic rings. The summed E-state index contributed by atoms with van der Waals surface area (Å²) in [5, 5.41) is 3.68. The first kappa shape index (κ1) is 13.9. The SMILES string of the molecule is CCC1(C)CN(c2cc(C)ccc2Br)CCCN1. The Bertz CT molecular complexity index is 419. The highest BCUT2D eigenvalue weighted by molar-refractivity contribution is 9.10. The molecule has 0 amide bonds. The lowest BCUT2D eigenvalue weighted by Crippen LogP contribution is -2.48. The van der Waals surface area contributed by atoms with Gasteiger partial charge in [-0.15, -0.1) is 0 Å². The second-order valence-electron chi connectivity index (χ2n) is 5.57. The molecule has 1 aromatic rings. The molecule has 0 bridgehead atoms. The smallest absolute Gasteiger partial charge is 0.0513 e. The summed E-state index contributed by atoms with van der Waals surface area (Å²) in [5.41, 5.74) is 2.88. The highest BCUT2D eigenvalue weighted by Gasteiger charge is 2.27. The van der Waals surface area contributed by atoms with Gasteiger partial charge in [-0.3, -0.25) is 0 Å². The number of anilines is 1. The van der Waals surface area contributed by atoms with Crippen molar-refractivity contribution in [2.24, 2.45) is 0 Å². The summed E-state index contributed by atoms with van der Waals surface area (Å²) in [6, 6.07) is 6.60. The molecule has 0 aliphatic carbocycles. The number of nitrogens with one attached hydrogen (secondary N) is 1. The summed E-state index contributed by atoms with van der Waals surface area (Å²) in [6.45, 7) is 10.1. The van der Waals surface area contributed by atoms with Gasteiger partial charge in [0.2, 0.25) is 0 Å². The van der Waals surface area contributed by atoms with Crippen LogP contribution in [-0.4, -0.2) is 25.2 Å². The number of hydrogen-bond donors (Lipinski definition) is 1. The third kappa shape index (κ3) is 3.07. The van der Waals surface area contributed by atoms with Crippen molar-refractivity contribution in [3.8, 4) is 0 Å². The fourth-order valence-electron chi connectivity index (χ4n) is 2.52. The maximum atomic E-state index is 3.69. The summed E-state index contributed by atoms with van der Waals surface area (Å²) in [4.78, 5) is 2.51. The molecule has 1 N–H and O–H groups in total. The van der Waals surface area contributed by atoms with Crippen LogP contribution in [-0.2, 0) is 0 Å². The third-order valence-corrected chi connectivity index (χ3v) is 4.59. The Balaban J connectivity index is 2.28. The van der Waals surface area contributed by atoms with Gasteiger partial charge in [-0.2, -0.15) is 0 Å². The molecule has 1 aliphatic heterocycles. The van der Waals surface area contributed by atoms with Crippen molar-refractivity contribution in [3.63, 3.8) is 0 Å². The number of nitrogens with zero attached hydrogens (tertiary/aromatic N) is 1. The van der Waals surface area contributed by atoms with Crippen molar-refractivity contribution in [3.05, 3.63) is 28.2 Å². The maximum Gasteiger partial charge on any atom is 0.0513 e. The topological polar surface area (TPSA) is 15.3 Å². The molecule has 1 unspecified atom stereocenters. The third-order valence-electron chi connectivity index (χ3n) is 3.92. The molecule has 0 saturated carbocycles. The molecular weight excluding hydrogens is 288 g/mol. The normalized spacial score (nSPS) is 25.0. The van der Waals surface area contributed by atoms with Crippen LogP contribution in [0, 0.1) is 6.92 Å². The zero-order valence-electron chi connectivity index (χ0n) is 11.6. The van der Waals surface area contributed by atoms with E-state index in [-0.39, 0.29) is 5.54 Å². The van der Waals surface area contributed by atoms with E-state index in [4.69, 9.17) is 0 Å². The Kier molecular flexibility index (Phi) is 4.33. The van der Waals surface area contributed by atoms with Crippen molar-refractivity contribution < 1.29 is 0 Å². The first-order valence-electron chi connectivity index (χ1n) is 6.80. The van der Waals surface area contributed by atoms with Gasteiger partial charge in [-0.05, 0) is 66.9 Å².